The van der Waals surface area contributed by atoms with E-state index in [4.69, 9.17) is 9.26 Å². The molecule has 0 atom stereocenters. The first-order chi connectivity index (χ1) is 13.0. The molecule has 0 unspecified atom stereocenters. The van der Waals surface area contributed by atoms with E-state index in [1.54, 1.807) is 7.11 Å². The second-order valence-electron chi connectivity index (χ2n) is 7.64. The van der Waals surface area contributed by atoms with Gasteiger partial charge < -0.3 is 9.26 Å². The van der Waals surface area contributed by atoms with Crippen LogP contribution in [0.2, 0.25) is 0 Å². The highest BCUT2D eigenvalue weighted by Crippen LogP contribution is 2.26. The molecular weight excluding hydrogens is 338 g/mol. The minimum atomic E-state index is 0.782. The molecule has 1 aromatic carbocycles. The van der Waals surface area contributed by atoms with Crippen LogP contribution in [0, 0.1) is 13.8 Å². The molecule has 0 spiro atoms. The van der Waals surface area contributed by atoms with Gasteiger partial charge in [0.05, 0.1) is 12.8 Å². The van der Waals surface area contributed by atoms with Crippen molar-refractivity contribution in [2.45, 2.75) is 33.7 Å². The second kappa shape index (κ2) is 8.72. The van der Waals surface area contributed by atoms with Crippen molar-refractivity contribution in [1.82, 2.24) is 15.0 Å². The molecular formula is C22H31N3O2. The minimum Gasteiger partial charge on any atom is -0.496 e. The second-order valence-corrected chi connectivity index (χ2v) is 7.64. The van der Waals surface area contributed by atoms with Crippen molar-refractivity contribution >= 4 is 0 Å². The van der Waals surface area contributed by atoms with E-state index in [0.717, 1.165) is 68.5 Å². The number of ether oxygens (including phenoxy) is 1. The Balaban J connectivity index is 1.68. The van der Waals surface area contributed by atoms with Crippen LogP contribution in [0.1, 0.15) is 35.1 Å². The summed E-state index contributed by atoms with van der Waals surface area (Å²) in [7, 11) is 1.73. The van der Waals surface area contributed by atoms with Gasteiger partial charge in [-0.15, -0.1) is 0 Å². The minimum absolute atomic E-state index is 0.782. The molecule has 0 bridgehead atoms. The van der Waals surface area contributed by atoms with Gasteiger partial charge in [0, 0.05) is 51.3 Å². The largest absolute Gasteiger partial charge is 0.496 e. The molecule has 0 saturated carbocycles. The third-order valence-electron chi connectivity index (χ3n) is 5.26. The van der Waals surface area contributed by atoms with E-state index in [0.29, 0.717) is 0 Å². The number of benzene rings is 1. The van der Waals surface area contributed by atoms with Crippen molar-refractivity contribution in [2.75, 3.05) is 39.8 Å². The molecule has 5 heteroatoms. The van der Waals surface area contributed by atoms with Crippen LogP contribution in [0.25, 0.3) is 0 Å². The van der Waals surface area contributed by atoms with Gasteiger partial charge in [-0.1, -0.05) is 29.4 Å². The molecule has 0 N–H and O–H groups in total. The zero-order chi connectivity index (χ0) is 19.4. The Hall–Kier alpha value is -2.11. The van der Waals surface area contributed by atoms with Crippen LogP contribution in [0.4, 0.5) is 0 Å². The van der Waals surface area contributed by atoms with Crippen LogP contribution in [0.15, 0.2) is 34.9 Å². The Bertz CT molecular complexity index is 769. The van der Waals surface area contributed by atoms with E-state index in [1.165, 1.54) is 16.7 Å². The van der Waals surface area contributed by atoms with Gasteiger partial charge in [-0.2, -0.15) is 0 Å². The molecule has 1 fully saturated rings. The number of hydrogen-bond donors (Lipinski definition) is 0. The molecule has 1 aliphatic heterocycles. The molecule has 2 aromatic rings. The van der Waals surface area contributed by atoms with Gasteiger partial charge in [-0.25, -0.2) is 0 Å². The first-order valence-electron chi connectivity index (χ1n) is 9.63. The summed E-state index contributed by atoms with van der Waals surface area (Å²) in [6, 6.07) is 6.53. The zero-order valence-electron chi connectivity index (χ0n) is 17.0. The van der Waals surface area contributed by atoms with Gasteiger partial charge in [0.25, 0.3) is 0 Å². The Morgan fingerprint density at radius 1 is 1.19 bits per heavy atom. The lowest BCUT2D eigenvalue weighted by Crippen LogP contribution is -2.46. The molecule has 1 saturated heterocycles. The summed E-state index contributed by atoms with van der Waals surface area (Å²) in [6.07, 6.45) is 0.782. The van der Waals surface area contributed by atoms with Crippen LogP contribution in [0.3, 0.4) is 0 Å². The lowest BCUT2D eigenvalue weighted by Gasteiger charge is -2.34. The number of aryl methyl sites for hydroxylation is 2. The Labute approximate surface area is 162 Å². The smallest absolute Gasteiger partial charge is 0.137 e. The summed E-state index contributed by atoms with van der Waals surface area (Å²) in [5.74, 6) is 1.80. The van der Waals surface area contributed by atoms with Crippen LogP contribution in [-0.4, -0.2) is 54.8 Å². The standard InChI is InChI=1S/C22H31N3O2/c1-16(2)14-24-8-10-25(11-9-24)15-19-6-7-22(26-5)20(12-19)13-21-17(3)23-27-18(21)4/h6-7,12H,1,8-11,13-15H2,2-5H3. The van der Waals surface area contributed by atoms with Crippen molar-refractivity contribution < 1.29 is 9.26 Å². The number of piperazine rings is 1. The fourth-order valence-corrected chi connectivity index (χ4v) is 3.76. The molecule has 5 nitrogen and oxygen atoms in total. The van der Waals surface area contributed by atoms with Gasteiger partial charge in [0.15, 0.2) is 0 Å². The van der Waals surface area contributed by atoms with Gasteiger partial charge >= 0.3 is 0 Å². The molecule has 1 aliphatic rings. The number of aromatic nitrogens is 1. The van der Waals surface area contributed by atoms with E-state index in [2.05, 4.69) is 46.7 Å². The van der Waals surface area contributed by atoms with E-state index in [-0.39, 0.29) is 0 Å². The normalized spacial score (nSPS) is 15.9. The predicted octanol–water partition coefficient (Wildman–Crippen LogP) is 3.58. The van der Waals surface area contributed by atoms with Gasteiger partial charge in [0.2, 0.25) is 0 Å². The predicted molar refractivity (Wildman–Crippen MR) is 108 cm³/mol. The molecule has 27 heavy (non-hydrogen) atoms. The van der Waals surface area contributed by atoms with E-state index >= 15 is 0 Å². The molecule has 0 amide bonds. The van der Waals surface area contributed by atoms with Gasteiger partial charge in [-0.05, 0) is 38.0 Å². The number of methoxy groups -OCH3 is 1. The highest BCUT2D eigenvalue weighted by Gasteiger charge is 2.18. The average Bonchev–Trinajstić information content (AvgIpc) is 2.95. The number of hydrogen-bond acceptors (Lipinski definition) is 5. The maximum absolute atomic E-state index is 5.59. The lowest BCUT2D eigenvalue weighted by atomic mass is 10.0. The summed E-state index contributed by atoms with van der Waals surface area (Å²) >= 11 is 0. The van der Waals surface area contributed by atoms with E-state index < -0.39 is 0 Å². The Kier molecular flexibility index (Phi) is 6.34. The fraction of sp³-hybridized carbons (Fsp3) is 0.500. The van der Waals surface area contributed by atoms with Crippen LogP contribution >= 0.6 is 0 Å². The summed E-state index contributed by atoms with van der Waals surface area (Å²) in [4.78, 5) is 5.01. The Morgan fingerprint density at radius 2 is 1.89 bits per heavy atom. The first-order valence-corrected chi connectivity index (χ1v) is 9.63. The molecule has 146 valence electrons. The molecule has 0 radical (unpaired) electrons. The molecule has 2 heterocycles. The average molecular weight is 370 g/mol. The lowest BCUT2D eigenvalue weighted by molar-refractivity contribution is 0.135. The van der Waals surface area contributed by atoms with Crippen molar-refractivity contribution in [1.29, 1.82) is 0 Å². The highest BCUT2D eigenvalue weighted by atomic mass is 16.5. The maximum Gasteiger partial charge on any atom is 0.137 e. The quantitative estimate of drug-likeness (QED) is 0.698. The summed E-state index contributed by atoms with van der Waals surface area (Å²) in [6.45, 7) is 16.5. The van der Waals surface area contributed by atoms with Gasteiger partial charge in [0.1, 0.15) is 11.5 Å². The molecule has 3 rings (SSSR count). The van der Waals surface area contributed by atoms with Crippen LogP contribution in [-0.2, 0) is 13.0 Å². The third kappa shape index (κ3) is 4.99. The van der Waals surface area contributed by atoms with Crippen LogP contribution in [0.5, 0.6) is 5.75 Å². The third-order valence-corrected chi connectivity index (χ3v) is 5.26. The topological polar surface area (TPSA) is 41.7 Å². The van der Waals surface area contributed by atoms with E-state index in [9.17, 15) is 0 Å². The monoisotopic (exact) mass is 369 g/mol. The number of nitrogens with zero attached hydrogens (tertiary/aromatic N) is 3. The van der Waals surface area contributed by atoms with Crippen LogP contribution < -0.4 is 4.74 Å². The highest BCUT2D eigenvalue weighted by molar-refractivity contribution is 5.41. The molecule has 1 aromatic heterocycles. The SMILES string of the molecule is C=C(C)CN1CCN(Cc2ccc(OC)c(Cc3c(C)noc3C)c2)CC1. The van der Waals surface area contributed by atoms with Crippen molar-refractivity contribution in [3.63, 3.8) is 0 Å². The summed E-state index contributed by atoms with van der Waals surface area (Å²) in [5, 5.41) is 4.08. The Morgan fingerprint density at radius 3 is 2.48 bits per heavy atom. The summed E-state index contributed by atoms with van der Waals surface area (Å²) < 4.78 is 10.9. The maximum atomic E-state index is 5.59. The van der Waals surface area contributed by atoms with E-state index in [1.807, 2.05) is 13.8 Å². The first kappa shape index (κ1) is 19.6. The molecule has 0 aliphatic carbocycles. The van der Waals surface area contributed by atoms with Crippen molar-refractivity contribution in [2.24, 2.45) is 0 Å². The number of rotatable bonds is 7. The van der Waals surface area contributed by atoms with Gasteiger partial charge in [-0.3, -0.25) is 9.80 Å². The van der Waals surface area contributed by atoms with Crippen molar-refractivity contribution in [3.05, 3.63) is 58.5 Å². The zero-order valence-corrected chi connectivity index (χ0v) is 17.0. The fourth-order valence-electron chi connectivity index (χ4n) is 3.76. The summed E-state index contributed by atoms with van der Waals surface area (Å²) in [5.41, 5.74) is 5.85. The van der Waals surface area contributed by atoms with Crippen molar-refractivity contribution in [3.8, 4) is 5.75 Å².